The van der Waals surface area contributed by atoms with Gasteiger partial charge in [0.15, 0.2) is 0 Å². The Labute approximate surface area is 96.8 Å². The zero-order chi connectivity index (χ0) is 12.0. The first-order valence-electron chi connectivity index (χ1n) is 5.69. The largest absolute Gasteiger partial charge is 0.301 e. The molecule has 0 saturated heterocycles. The van der Waals surface area contributed by atoms with Gasteiger partial charge in [0.25, 0.3) is 0 Å². The molecule has 3 heteroatoms. The molecule has 1 aromatic rings. The number of rotatable bonds is 6. The van der Waals surface area contributed by atoms with Crippen molar-refractivity contribution in [2.24, 2.45) is 5.92 Å². The number of hydroxylamine groups is 1. The van der Waals surface area contributed by atoms with E-state index in [0.29, 0.717) is 12.5 Å². The van der Waals surface area contributed by atoms with Gasteiger partial charge in [0.1, 0.15) is 5.82 Å². The third kappa shape index (κ3) is 5.24. The summed E-state index contributed by atoms with van der Waals surface area (Å²) in [5.41, 5.74) is 3.94. The van der Waals surface area contributed by atoms with Crippen molar-refractivity contribution in [2.45, 2.75) is 33.2 Å². The zero-order valence-electron chi connectivity index (χ0n) is 10.2. The van der Waals surface area contributed by atoms with Crippen molar-refractivity contribution >= 4 is 0 Å². The van der Waals surface area contributed by atoms with E-state index in [1.54, 1.807) is 12.1 Å². The molecule has 1 N–H and O–H groups in total. The molecule has 0 spiro atoms. The second-order valence-corrected chi connectivity index (χ2v) is 4.56. The van der Waals surface area contributed by atoms with E-state index in [2.05, 4.69) is 19.3 Å². The second kappa shape index (κ2) is 6.61. The number of nitrogens with one attached hydrogen (secondary N) is 1. The average Bonchev–Trinajstić information content (AvgIpc) is 2.16. The molecule has 1 unspecified atom stereocenters. The number of benzene rings is 1. The Morgan fingerprint density at radius 2 is 2.06 bits per heavy atom. The molecule has 0 aliphatic rings. The Morgan fingerprint density at radius 1 is 1.31 bits per heavy atom. The summed E-state index contributed by atoms with van der Waals surface area (Å²) in [6.45, 7) is 6.90. The van der Waals surface area contributed by atoms with Gasteiger partial charge in [-0.05, 0) is 37.0 Å². The molecule has 1 rings (SSSR count). The normalized spacial score (nSPS) is 13.1. The van der Waals surface area contributed by atoms with Crippen LogP contribution in [0.2, 0.25) is 0 Å². The van der Waals surface area contributed by atoms with Crippen LogP contribution in [0, 0.1) is 11.7 Å². The quantitative estimate of drug-likeness (QED) is 0.752. The molecule has 1 atom stereocenters. The van der Waals surface area contributed by atoms with Crippen LogP contribution in [0.5, 0.6) is 0 Å². The van der Waals surface area contributed by atoms with Gasteiger partial charge in [-0.3, -0.25) is 0 Å². The van der Waals surface area contributed by atoms with Crippen LogP contribution < -0.4 is 5.48 Å². The minimum absolute atomic E-state index is 0.181. The fraction of sp³-hybridized carbons (Fsp3) is 0.538. The maximum absolute atomic E-state index is 12.9. The van der Waals surface area contributed by atoms with Gasteiger partial charge in [0, 0.05) is 6.04 Å². The second-order valence-electron chi connectivity index (χ2n) is 4.56. The van der Waals surface area contributed by atoms with Crippen LogP contribution >= 0.6 is 0 Å². The molecule has 90 valence electrons. The van der Waals surface area contributed by atoms with Gasteiger partial charge in [-0.15, -0.1) is 0 Å². The molecular formula is C13H20FNO. The smallest absolute Gasteiger partial charge is 0.123 e. The van der Waals surface area contributed by atoms with E-state index < -0.39 is 0 Å². The van der Waals surface area contributed by atoms with E-state index in [0.717, 1.165) is 12.0 Å². The molecule has 0 heterocycles. The van der Waals surface area contributed by atoms with Crippen molar-refractivity contribution in [1.29, 1.82) is 0 Å². The predicted octanol–water partition coefficient (Wildman–Crippen LogP) is 2.93. The number of hydrogen-bond acceptors (Lipinski definition) is 2. The molecule has 0 saturated carbocycles. The summed E-state index contributed by atoms with van der Waals surface area (Å²) < 4.78 is 12.9. The number of halogens is 1. The van der Waals surface area contributed by atoms with Crippen molar-refractivity contribution in [3.8, 4) is 0 Å². The lowest BCUT2D eigenvalue weighted by Crippen LogP contribution is -2.29. The minimum Gasteiger partial charge on any atom is -0.301 e. The first-order chi connectivity index (χ1) is 7.58. The van der Waals surface area contributed by atoms with E-state index in [4.69, 9.17) is 4.84 Å². The summed E-state index contributed by atoms with van der Waals surface area (Å²) in [7, 11) is 0. The predicted molar refractivity (Wildman–Crippen MR) is 63.5 cm³/mol. The summed E-state index contributed by atoms with van der Waals surface area (Å²) in [6, 6.07) is 6.84. The summed E-state index contributed by atoms with van der Waals surface area (Å²) in [6.07, 6.45) is 0.760. The zero-order valence-corrected chi connectivity index (χ0v) is 10.2. The molecular weight excluding hydrogens is 205 g/mol. The van der Waals surface area contributed by atoms with E-state index >= 15 is 0 Å². The van der Waals surface area contributed by atoms with Gasteiger partial charge >= 0.3 is 0 Å². The molecule has 2 nitrogen and oxygen atoms in total. The molecule has 0 radical (unpaired) electrons. The lowest BCUT2D eigenvalue weighted by molar-refractivity contribution is 0.00472. The highest BCUT2D eigenvalue weighted by Gasteiger charge is 2.04. The third-order valence-electron chi connectivity index (χ3n) is 2.13. The monoisotopic (exact) mass is 225 g/mol. The molecule has 0 bridgehead atoms. The van der Waals surface area contributed by atoms with Crippen molar-refractivity contribution in [1.82, 2.24) is 5.48 Å². The Balaban J connectivity index is 2.31. The Bertz CT molecular complexity index is 315. The maximum Gasteiger partial charge on any atom is 0.123 e. The molecule has 1 aromatic carbocycles. The van der Waals surface area contributed by atoms with Crippen molar-refractivity contribution in [3.05, 3.63) is 35.6 Å². The van der Waals surface area contributed by atoms with Gasteiger partial charge in [0.05, 0.1) is 6.61 Å². The van der Waals surface area contributed by atoms with Gasteiger partial charge in [-0.25, -0.2) is 4.39 Å². The lowest BCUT2D eigenvalue weighted by Gasteiger charge is -2.14. The molecule has 16 heavy (non-hydrogen) atoms. The van der Waals surface area contributed by atoms with Gasteiger partial charge in [-0.2, -0.15) is 5.48 Å². The fourth-order valence-corrected chi connectivity index (χ4v) is 1.42. The van der Waals surface area contributed by atoms with Crippen molar-refractivity contribution in [3.63, 3.8) is 0 Å². The van der Waals surface area contributed by atoms with E-state index in [9.17, 15) is 4.39 Å². The molecule has 0 aromatic heterocycles. The summed E-state index contributed by atoms with van der Waals surface area (Å²) >= 11 is 0. The van der Waals surface area contributed by atoms with E-state index in [1.165, 1.54) is 6.07 Å². The molecule has 0 amide bonds. The lowest BCUT2D eigenvalue weighted by atomic mass is 10.1. The van der Waals surface area contributed by atoms with Crippen LogP contribution in [0.1, 0.15) is 26.3 Å². The first kappa shape index (κ1) is 13.1. The Morgan fingerprint density at radius 3 is 2.69 bits per heavy atom. The molecule has 0 aliphatic heterocycles. The van der Waals surface area contributed by atoms with Gasteiger partial charge in [0.2, 0.25) is 0 Å². The Kier molecular flexibility index (Phi) is 5.43. The van der Waals surface area contributed by atoms with Crippen LogP contribution in [0.3, 0.4) is 0 Å². The highest BCUT2D eigenvalue weighted by Crippen LogP contribution is 2.06. The van der Waals surface area contributed by atoms with Crippen LogP contribution in [0.4, 0.5) is 4.39 Å². The molecule has 0 fully saturated rings. The summed E-state index contributed by atoms with van der Waals surface area (Å²) in [5, 5.41) is 0. The van der Waals surface area contributed by atoms with Crippen molar-refractivity contribution in [2.75, 3.05) is 6.61 Å². The van der Waals surface area contributed by atoms with Gasteiger partial charge < -0.3 is 4.84 Å². The average molecular weight is 225 g/mol. The standard InChI is InChI=1S/C13H20FNO/c1-10(2)9-16-15-11(3)7-12-5-4-6-13(14)8-12/h4-6,8,10-11,15H,7,9H2,1-3H3. The van der Waals surface area contributed by atoms with Gasteiger partial charge in [-0.1, -0.05) is 26.0 Å². The van der Waals surface area contributed by atoms with Crippen molar-refractivity contribution < 1.29 is 9.23 Å². The van der Waals surface area contributed by atoms with Crippen LogP contribution in [0.25, 0.3) is 0 Å². The fourth-order valence-electron chi connectivity index (χ4n) is 1.42. The summed E-state index contributed by atoms with van der Waals surface area (Å²) in [4.78, 5) is 5.32. The highest BCUT2D eigenvalue weighted by molar-refractivity contribution is 5.17. The van der Waals surface area contributed by atoms with Crippen LogP contribution in [-0.4, -0.2) is 12.6 Å². The topological polar surface area (TPSA) is 21.3 Å². The SMILES string of the molecule is CC(C)CONC(C)Cc1cccc(F)c1. The van der Waals surface area contributed by atoms with Crippen LogP contribution in [-0.2, 0) is 11.3 Å². The van der Waals surface area contributed by atoms with E-state index in [1.807, 2.05) is 13.0 Å². The Hall–Kier alpha value is -0.930. The van der Waals surface area contributed by atoms with E-state index in [-0.39, 0.29) is 11.9 Å². The first-order valence-corrected chi connectivity index (χ1v) is 5.69. The minimum atomic E-state index is -0.187. The third-order valence-corrected chi connectivity index (χ3v) is 2.13. The van der Waals surface area contributed by atoms with Crippen LogP contribution in [0.15, 0.2) is 24.3 Å². The maximum atomic E-state index is 12.9. The molecule has 0 aliphatic carbocycles. The summed E-state index contributed by atoms with van der Waals surface area (Å²) in [5.74, 6) is 0.321. The highest BCUT2D eigenvalue weighted by atomic mass is 19.1. The number of hydrogen-bond donors (Lipinski definition) is 1.